The van der Waals surface area contributed by atoms with Gasteiger partial charge in [0.05, 0.1) is 10.1 Å². The fraction of sp³-hybridized carbons (Fsp3) is 0.400. The lowest BCUT2D eigenvalue weighted by molar-refractivity contribution is -0.129. The van der Waals surface area contributed by atoms with Crippen molar-refractivity contribution in [3.05, 3.63) is 20.1 Å². The molecule has 0 N–H and O–H groups in total. The molecule has 4 unspecified atom stereocenters. The van der Waals surface area contributed by atoms with Gasteiger partial charge in [-0.2, -0.15) is 0 Å². The topological polar surface area (TPSA) is 34.1 Å². The van der Waals surface area contributed by atoms with Gasteiger partial charge in [0, 0.05) is 0 Å². The fourth-order valence-electron chi connectivity index (χ4n) is 2.92. The first-order valence-corrected chi connectivity index (χ1v) is 7.94. The lowest BCUT2D eigenvalue weighted by Crippen LogP contribution is -2.88. The zero-order valence-corrected chi connectivity index (χ0v) is 14.9. The molecular weight excluding hydrogens is 436 g/mol. The molecule has 0 aromatic rings. The largest absolute Gasteiger partial charge is 0.291 e. The molecule has 0 bridgehead atoms. The van der Waals surface area contributed by atoms with Gasteiger partial charge in [0.15, 0.2) is 9.75 Å². The predicted octanol–water partition coefficient (Wildman–Crippen LogP) is 4.45. The van der Waals surface area contributed by atoms with Gasteiger partial charge in [-0.25, -0.2) is 0 Å². The van der Waals surface area contributed by atoms with Crippen LogP contribution < -0.4 is 0 Å². The van der Waals surface area contributed by atoms with E-state index in [2.05, 4.69) is 0 Å². The summed E-state index contributed by atoms with van der Waals surface area (Å²) in [6.07, 6.45) is 0. The number of Topliss-reactive ketones (excluding diaryl/α,β-unsaturated/α-hetero) is 2. The summed E-state index contributed by atoms with van der Waals surface area (Å²) in [5, 5.41) is -1.49. The van der Waals surface area contributed by atoms with E-state index in [9.17, 15) is 9.59 Å². The second-order valence-electron chi connectivity index (χ2n) is 4.55. The Morgan fingerprint density at radius 3 is 1.05 bits per heavy atom. The number of halogens is 8. The molecule has 0 aromatic heterocycles. The van der Waals surface area contributed by atoms with Crippen molar-refractivity contribution in [3.63, 3.8) is 0 Å². The zero-order valence-electron chi connectivity index (χ0n) is 8.84. The Balaban J connectivity index is 2.42. The van der Waals surface area contributed by atoms with Crippen LogP contribution in [0.15, 0.2) is 20.1 Å². The first kappa shape index (κ1) is 16.0. The standard InChI is InChI=1S/C10Cl8O2/c11-1-3(13)7(15)8(16)4(14)2(12)6(20)10(8,18)9(7,17)5(1)19. The van der Waals surface area contributed by atoms with Gasteiger partial charge < -0.3 is 0 Å². The molecule has 3 aliphatic carbocycles. The second-order valence-corrected chi connectivity index (χ2v) is 8.33. The van der Waals surface area contributed by atoms with Crippen LogP contribution in [0.1, 0.15) is 0 Å². The van der Waals surface area contributed by atoms with E-state index in [0.717, 1.165) is 0 Å². The summed E-state index contributed by atoms with van der Waals surface area (Å²) in [6.45, 7) is 0. The summed E-state index contributed by atoms with van der Waals surface area (Å²) in [5.41, 5.74) is 0. The van der Waals surface area contributed by atoms with E-state index in [1.54, 1.807) is 0 Å². The number of hydrogen-bond donors (Lipinski definition) is 0. The lowest BCUT2D eigenvalue weighted by Gasteiger charge is -2.65. The van der Waals surface area contributed by atoms with Crippen molar-refractivity contribution in [1.29, 1.82) is 0 Å². The van der Waals surface area contributed by atoms with Crippen molar-refractivity contribution in [2.45, 2.75) is 19.5 Å². The number of ketones is 2. The minimum atomic E-state index is -2.16. The molecule has 10 heteroatoms. The third-order valence-electron chi connectivity index (χ3n) is 3.91. The van der Waals surface area contributed by atoms with E-state index in [4.69, 9.17) is 92.8 Å². The predicted molar refractivity (Wildman–Crippen MR) is 81.8 cm³/mol. The van der Waals surface area contributed by atoms with Crippen LogP contribution in [-0.2, 0) is 9.59 Å². The first-order chi connectivity index (χ1) is 8.95. The molecule has 4 atom stereocenters. The van der Waals surface area contributed by atoms with E-state index in [1.165, 1.54) is 0 Å². The van der Waals surface area contributed by atoms with E-state index < -0.39 is 41.1 Å². The van der Waals surface area contributed by atoms with Crippen LogP contribution >= 0.6 is 92.8 Å². The maximum Gasteiger partial charge on any atom is 0.200 e. The molecule has 0 saturated heterocycles. The van der Waals surface area contributed by atoms with Crippen molar-refractivity contribution in [3.8, 4) is 0 Å². The normalized spacial score (nSPS) is 50.6. The average Bonchev–Trinajstić information content (AvgIpc) is 2.64. The van der Waals surface area contributed by atoms with Crippen LogP contribution in [0.2, 0.25) is 0 Å². The highest BCUT2D eigenvalue weighted by molar-refractivity contribution is 6.76. The number of rotatable bonds is 0. The highest BCUT2D eigenvalue weighted by atomic mass is 35.5. The monoisotopic (exact) mass is 432 g/mol. The molecule has 0 radical (unpaired) electrons. The minimum absolute atomic E-state index is 0.315. The lowest BCUT2D eigenvalue weighted by atomic mass is 9.55. The van der Waals surface area contributed by atoms with Crippen molar-refractivity contribution >= 4 is 104 Å². The quantitative estimate of drug-likeness (QED) is 0.527. The van der Waals surface area contributed by atoms with E-state index in [-0.39, 0.29) is 10.1 Å². The molecule has 0 aliphatic heterocycles. The molecule has 3 aliphatic rings. The van der Waals surface area contributed by atoms with Crippen LogP contribution in [0.25, 0.3) is 0 Å². The second kappa shape index (κ2) is 3.96. The Morgan fingerprint density at radius 2 is 0.800 bits per heavy atom. The molecule has 0 amide bonds. The first-order valence-electron chi connectivity index (χ1n) is 4.92. The molecule has 2 nitrogen and oxygen atoms in total. The van der Waals surface area contributed by atoms with Gasteiger partial charge in [-0.15, -0.1) is 46.4 Å². The molecule has 0 spiro atoms. The van der Waals surface area contributed by atoms with E-state index in [1.807, 2.05) is 0 Å². The number of carbonyl (C=O) groups excluding carboxylic acids is 2. The Labute approximate surface area is 152 Å². The maximum atomic E-state index is 12.3. The summed E-state index contributed by atoms with van der Waals surface area (Å²) in [5.74, 6) is -1.78. The summed E-state index contributed by atoms with van der Waals surface area (Å²) in [4.78, 5) is 16.3. The van der Waals surface area contributed by atoms with Crippen molar-refractivity contribution in [1.82, 2.24) is 0 Å². The third kappa shape index (κ3) is 1.06. The molecule has 1 saturated carbocycles. The summed E-state index contributed by atoms with van der Waals surface area (Å²) in [7, 11) is 0. The van der Waals surface area contributed by atoms with Crippen molar-refractivity contribution < 1.29 is 9.59 Å². The molecule has 20 heavy (non-hydrogen) atoms. The average molecular weight is 436 g/mol. The van der Waals surface area contributed by atoms with Crippen LogP contribution in [-0.4, -0.2) is 31.1 Å². The molecule has 0 aromatic carbocycles. The molecule has 0 heterocycles. The maximum absolute atomic E-state index is 12.3. The number of carbonyl (C=O) groups is 2. The Morgan fingerprint density at radius 1 is 0.550 bits per heavy atom. The Bertz CT molecular complexity index is 625. The van der Waals surface area contributed by atoms with Gasteiger partial charge in [0.2, 0.25) is 11.6 Å². The van der Waals surface area contributed by atoms with Crippen LogP contribution in [0, 0.1) is 0 Å². The summed E-state index contributed by atoms with van der Waals surface area (Å²) in [6, 6.07) is 0. The van der Waals surface area contributed by atoms with Gasteiger partial charge in [-0.05, 0) is 0 Å². The van der Waals surface area contributed by atoms with Gasteiger partial charge >= 0.3 is 0 Å². The van der Waals surface area contributed by atoms with Gasteiger partial charge in [0.25, 0.3) is 0 Å². The number of alkyl halides is 4. The zero-order chi connectivity index (χ0) is 15.5. The van der Waals surface area contributed by atoms with Crippen molar-refractivity contribution in [2.75, 3.05) is 0 Å². The number of allylic oxidation sites excluding steroid dienone is 4. The smallest absolute Gasteiger partial charge is 0.200 e. The fourth-order valence-corrected chi connectivity index (χ4v) is 7.04. The third-order valence-corrected chi connectivity index (χ3v) is 9.34. The summed E-state index contributed by atoms with van der Waals surface area (Å²) >= 11 is 48.9. The highest BCUT2D eigenvalue weighted by Gasteiger charge is 2.98. The van der Waals surface area contributed by atoms with Crippen LogP contribution in [0.4, 0.5) is 0 Å². The van der Waals surface area contributed by atoms with Crippen LogP contribution in [0.5, 0.6) is 0 Å². The molecule has 108 valence electrons. The Hall–Kier alpha value is 1.14. The van der Waals surface area contributed by atoms with Gasteiger partial charge in [-0.3, -0.25) is 9.59 Å². The minimum Gasteiger partial charge on any atom is -0.291 e. The molecule has 1 fully saturated rings. The van der Waals surface area contributed by atoms with Crippen LogP contribution in [0.3, 0.4) is 0 Å². The Kier molecular flexibility index (Phi) is 3.17. The molecule has 3 rings (SSSR count). The highest BCUT2D eigenvalue weighted by Crippen LogP contribution is 2.82. The number of hydrogen-bond acceptors (Lipinski definition) is 2. The SMILES string of the molecule is O=C1C(Cl)=C(Cl)C2(Cl)C1(Cl)C1(Cl)C(=O)C(Cl)=C(Cl)C12Cl. The number of fused-ring (bicyclic) bond motifs is 4. The van der Waals surface area contributed by atoms with Crippen molar-refractivity contribution in [2.24, 2.45) is 0 Å². The van der Waals surface area contributed by atoms with E-state index in [0.29, 0.717) is 0 Å². The van der Waals surface area contributed by atoms with E-state index >= 15 is 0 Å². The van der Waals surface area contributed by atoms with Gasteiger partial charge in [0.1, 0.15) is 19.8 Å². The summed E-state index contributed by atoms with van der Waals surface area (Å²) < 4.78 is 0. The van der Waals surface area contributed by atoms with Gasteiger partial charge in [-0.1, -0.05) is 46.4 Å². The molecular formula is C10Cl8O2.